The molecule has 0 unspecified atom stereocenters. The number of para-hydroxylation sites is 1. The number of carbonyl (C=O) groups excluding carboxylic acids is 1. The summed E-state index contributed by atoms with van der Waals surface area (Å²) in [4.78, 5) is 23.8. The number of rotatable bonds is 3. The molecule has 5 nitrogen and oxygen atoms in total. The smallest absolute Gasteiger partial charge is 0.329 e. The van der Waals surface area contributed by atoms with E-state index in [0.717, 1.165) is 30.2 Å². The normalized spacial score (nSPS) is 17.6. The second kappa shape index (κ2) is 6.93. The van der Waals surface area contributed by atoms with Crippen molar-refractivity contribution in [2.45, 2.75) is 44.1 Å². The zero-order chi connectivity index (χ0) is 15.3. The molecular weight excluding hydrogens is 336 g/mol. The molecule has 2 amide bonds. The minimum absolute atomic E-state index is 0.478. The number of aliphatic carboxylic acids is 1. The van der Waals surface area contributed by atoms with E-state index in [-0.39, 0.29) is 0 Å². The van der Waals surface area contributed by atoms with Crippen LogP contribution in [-0.4, -0.2) is 22.6 Å². The SMILES string of the molecule is O=C(Nc1ccccc1Br)NC1(C(=O)O)CCCCCC1. The average molecular weight is 355 g/mol. The monoisotopic (exact) mass is 354 g/mol. The third-order valence-corrected chi connectivity index (χ3v) is 4.53. The van der Waals surface area contributed by atoms with Crippen LogP contribution in [0, 0.1) is 0 Å². The lowest BCUT2D eigenvalue weighted by Crippen LogP contribution is -2.55. The van der Waals surface area contributed by atoms with E-state index in [4.69, 9.17) is 0 Å². The van der Waals surface area contributed by atoms with Crippen LogP contribution in [-0.2, 0) is 4.79 Å². The summed E-state index contributed by atoms with van der Waals surface area (Å²) in [5.74, 6) is -0.952. The zero-order valence-corrected chi connectivity index (χ0v) is 13.3. The van der Waals surface area contributed by atoms with Gasteiger partial charge in [-0.2, -0.15) is 0 Å². The number of urea groups is 1. The molecule has 0 heterocycles. The molecular formula is C15H19BrN2O3. The van der Waals surface area contributed by atoms with E-state index in [0.29, 0.717) is 18.5 Å². The van der Waals surface area contributed by atoms with Gasteiger partial charge in [0.05, 0.1) is 5.69 Å². The predicted octanol–water partition coefficient (Wildman–Crippen LogP) is 3.75. The Morgan fingerprint density at radius 2 is 1.71 bits per heavy atom. The Morgan fingerprint density at radius 3 is 2.29 bits per heavy atom. The van der Waals surface area contributed by atoms with E-state index in [2.05, 4.69) is 26.6 Å². The molecule has 1 saturated carbocycles. The van der Waals surface area contributed by atoms with E-state index in [1.165, 1.54) is 0 Å². The van der Waals surface area contributed by atoms with Gasteiger partial charge in [0.2, 0.25) is 0 Å². The minimum atomic E-state index is -1.15. The third-order valence-electron chi connectivity index (χ3n) is 3.84. The standard InChI is InChI=1S/C15H19BrN2O3/c16-11-7-3-4-8-12(11)17-14(21)18-15(13(19)20)9-5-1-2-6-10-15/h3-4,7-8H,1-2,5-6,9-10H2,(H,19,20)(H2,17,18,21). The summed E-state index contributed by atoms with van der Waals surface area (Å²) in [7, 11) is 0. The molecule has 21 heavy (non-hydrogen) atoms. The second-order valence-electron chi connectivity index (χ2n) is 5.36. The quantitative estimate of drug-likeness (QED) is 0.723. The molecule has 1 aromatic rings. The summed E-state index contributed by atoms with van der Waals surface area (Å²) < 4.78 is 0.755. The Labute approximate surface area is 132 Å². The largest absolute Gasteiger partial charge is 0.480 e. The fraction of sp³-hybridized carbons (Fsp3) is 0.467. The Morgan fingerprint density at radius 1 is 1.10 bits per heavy atom. The van der Waals surface area contributed by atoms with Crippen LogP contribution in [0.15, 0.2) is 28.7 Å². The van der Waals surface area contributed by atoms with E-state index >= 15 is 0 Å². The highest BCUT2D eigenvalue weighted by atomic mass is 79.9. The summed E-state index contributed by atoms with van der Waals surface area (Å²) in [6, 6.07) is 6.74. The van der Waals surface area contributed by atoms with Crippen molar-refractivity contribution in [3.05, 3.63) is 28.7 Å². The number of hydrogen-bond acceptors (Lipinski definition) is 2. The molecule has 0 bridgehead atoms. The summed E-state index contributed by atoms with van der Waals surface area (Å²) >= 11 is 3.35. The van der Waals surface area contributed by atoms with Crippen LogP contribution in [0.2, 0.25) is 0 Å². The van der Waals surface area contributed by atoms with E-state index in [9.17, 15) is 14.7 Å². The van der Waals surface area contributed by atoms with E-state index in [1.54, 1.807) is 12.1 Å². The van der Waals surface area contributed by atoms with Crippen molar-refractivity contribution in [3.63, 3.8) is 0 Å². The number of nitrogens with one attached hydrogen (secondary N) is 2. The van der Waals surface area contributed by atoms with Gasteiger partial charge < -0.3 is 15.7 Å². The first-order valence-electron chi connectivity index (χ1n) is 7.11. The molecule has 3 N–H and O–H groups in total. The molecule has 1 fully saturated rings. The van der Waals surface area contributed by atoms with Gasteiger partial charge in [0.25, 0.3) is 0 Å². The van der Waals surface area contributed by atoms with Crippen molar-refractivity contribution in [3.8, 4) is 0 Å². The van der Waals surface area contributed by atoms with E-state index < -0.39 is 17.5 Å². The van der Waals surface area contributed by atoms with Crippen LogP contribution >= 0.6 is 15.9 Å². The van der Waals surface area contributed by atoms with E-state index in [1.807, 2.05) is 12.1 Å². The lowest BCUT2D eigenvalue weighted by atomic mass is 9.90. The summed E-state index contributed by atoms with van der Waals surface area (Å²) in [5.41, 5.74) is -0.536. The maximum absolute atomic E-state index is 12.1. The van der Waals surface area contributed by atoms with Crippen LogP contribution in [0.3, 0.4) is 0 Å². The first-order valence-corrected chi connectivity index (χ1v) is 7.90. The highest BCUT2D eigenvalue weighted by Gasteiger charge is 2.40. The molecule has 1 aromatic carbocycles. The maximum Gasteiger partial charge on any atom is 0.329 e. The average Bonchev–Trinajstić information content (AvgIpc) is 2.68. The lowest BCUT2D eigenvalue weighted by Gasteiger charge is -2.29. The number of halogens is 1. The number of hydrogen-bond donors (Lipinski definition) is 3. The molecule has 0 spiro atoms. The first kappa shape index (κ1) is 15.8. The highest BCUT2D eigenvalue weighted by molar-refractivity contribution is 9.10. The molecule has 0 aliphatic heterocycles. The Kier molecular flexibility index (Phi) is 5.22. The van der Waals surface area contributed by atoms with Gasteiger partial charge in [-0.05, 0) is 40.9 Å². The number of anilines is 1. The molecule has 1 aliphatic rings. The molecule has 0 aromatic heterocycles. The van der Waals surface area contributed by atoms with Crippen molar-refractivity contribution in [1.82, 2.24) is 5.32 Å². The summed E-state index contributed by atoms with van der Waals surface area (Å²) in [5, 5.41) is 14.9. The Balaban J connectivity index is 2.08. The predicted molar refractivity (Wildman–Crippen MR) is 84.4 cm³/mol. The first-order chi connectivity index (χ1) is 10.0. The molecule has 6 heteroatoms. The molecule has 2 rings (SSSR count). The zero-order valence-electron chi connectivity index (χ0n) is 11.7. The number of carboxylic acid groups (broad SMARTS) is 1. The molecule has 0 saturated heterocycles. The van der Waals surface area contributed by atoms with Crippen molar-refractivity contribution in [2.24, 2.45) is 0 Å². The van der Waals surface area contributed by atoms with Gasteiger partial charge in [-0.15, -0.1) is 0 Å². The molecule has 114 valence electrons. The van der Waals surface area contributed by atoms with Crippen molar-refractivity contribution in [2.75, 3.05) is 5.32 Å². The molecule has 0 radical (unpaired) electrons. The van der Waals surface area contributed by atoms with Crippen molar-refractivity contribution in [1.29, 1.82) is 0 Å². The third kappa shape index (κ3) is 3.97. The van der Waals surface area contributed by atoms with Crippen LogP contribution in [0.1, 0.15) is 38.5 Å². The Hall–Kier alpha value is -1.56. The van der Waals surface area contributed by atoms with Gasteiger partial charge in [-0.25, -0.2) is 9.59 Å². The number of amides is 2. The lowest BCUT2D eigenvalue weighted by molar-refractivity contribution is -0.145. The number of benzene rings is 1. The van der Waals surface area contributed by atoms with Crippen LogP contribution < -0.4 is 10.6 Å². The number of carbonyl (C=O) groups is 2. The van der Waals surface area contributed by atoms with Gasteiger partial charge in [-0.1, -0.05) is 37.8 Å². The summed E-state index contributed by atoms with van der Waals surface area (Å²) in [6.07, 6.45) is 4.63. The van der Waals surface area contributed by atoms with Gasteiger partial charge in [-0.3, -0.25) is 0 Å². The van der Waals surface area contributed by atoms with Gasteiger partial charge in [0, 0.05) is 4.47 Å². The maximum atomic E-state index is 12.1. The fourth-order valence-electron chi connectivity index (χ4n) is 2.66. The van der Waals surface area contributed by atoms with Crippen LogP contribution in [0.4, 0.5) is 10.5 Å². The van der Waals surface area contributed by atoms with Gasteiger partial charge in [0.15, 0.2) is 0 Å². The van der Waals surface area contributed by atoms with Crippen LogP contribution in [0.25, 0.3) is 0 Å². The molecule has 1 aliphatic carbocycles. The number of carboxylic acids is 1. The Bertz CT molecular complexity index is 525. The topological polar surface area (TPSA) is 78.4 Å². The second-order valence-corrected chi connectivity index (χ2v) is 6.21. The van der Waals surface area contributed by atoms with Crippen LogP contribution in [0.5, 0.6) is 0 Å². The summed E-state index contributed by atoms with van der Waals surface area (Å²) in [6.45, 7) is 0. The fourth-order valence-corrected chi connectivity index (χ4v) is 3.04. The van der Waals surface area contributed by atoms with Crippen molar-refractivity contribution < 1.29 is 14.7 Å². The van der Waals surface area contributed by atoms with Crippen molar-refractivity contribution >= 4 is 33.6 Å². The minimum Gasteiger partial charge on any atom is -0.480 e. The van der Waals surface area contributed by atoms with Gasteiger partial charge >= 0.3 is 12.0 Å². The molecule has 0 atom stereocenters. The van der Waals surface area contributed by atoms with Gasteiger partial charge in [0.1, 0.15) is 5.54 Å². The highest BCUT2D eigenvalue weighted by Crippen LogP contribution is 2.28.